The third-order valence-electron chi connectivity index (χ3n) is 2.71. The van der Waals surface area contributed by atoms with Crippen molar-refractivity contribution in [2.24, 2.45) is 0 Å². The molecule has 0 aliphatic heterocycles. The summed E-state index contributed by atoms with van der Waals surface area (Å²) in [5, 5.41) is 0. The van der Waals surface area contributed by atoms with Crippen LogP contribution < -0.4 is 5.56 Å². The number of rotatable bonds is 2. The summed E-state index contributed by atoms with van der Waals surface area (Å²) in [5.74, 6) is 1.65. The highest BCUT2D eigenvalue weighted by molar-refractivity contribution is 5.21. The Kier molecular flexibility index (Phi) is 2.17. The van der Waals surface area contributed by atoms with Gasteiger partial charge >= 0.3 is 0 Å². The summed E-state index contributed by atoms with van der Waals surface area (Å²) in [6.45, 7) is 5.97. The molecule has 0 saturated heterocycles. The summed E-state index contributed by atoms with van der Waals surface area (Å²) in [4.78, 5) is 19.1. The van der Waals surface area contributed by atoms with Gasteiger partial charge in [0.05, 0.1) is 0 Å². The van der Waals surface area contributed by atoms with Crippen LogP contribution in [0.3, 0.4) is 0 Å². The third kappa shape index (κ3) is 1.59. The maximum Gasteiger partial charge on any atom is 0.254 e. The van der Waals surface area contributed by atoms with Gasteiger partial charge in [0.15, 0.2) is 0 Å². The second kappa shape index (κ2) is 3.23. The fourth-order valence-corrected chi connectivity index (χ4v) is 1.85. The van der Waals surface area contributed by atoms with Gasteiger partial charge in [0.2, 0.25) is 0 Å². The van der Waals surface area contributed by atoms with Crippen molar-refractivity contribution in [1.29, 1.82) is 0 Å². The van der Waals surface area contributed by atoms with E-state index in [0.717, 1.165) is 17.1 Å². The number of nitrogens with one attached hydrogen (secondary N) is 1. The van der Waals surface area contributed by atoms with Crippen LogP contribution in [0.1, 0.15) is 55.6 Å². The van der Waals surface area contributed by atoms with Gasteiger partial charge in [0.1, 0.15) is 5.82 Å². The molecule has 0 spiro atoms. The van der Waals surface area contributed by atoms with Crippen molar-refractivity contribution in [3.8, 4) is 0 Å². The first-order valence-electron chi connectivity index (χ1n) is 5.20. The van der Waals surface area contributed by atoms with E-state index in [1.807, 2.05) is 20.8 Å². The van der Waals surface area contributed by atoms with Gasteiger partial charge < -0.3 is 4.98 Å². The number of H-pyrrole nitrogens is 1. The van der Waals surface area contributed by atoms with Crippen LogP contribution >= 0.6 is 0 Å². The fraction of sp³-hybridized carbons (Fsp3) is 0.636. The SMILES string of the molecule is Cc1nc(C2CC2)[nH]c(=O)c1C(C)C. The van der Waals surface area contributed by atoms with Crippen molar-refractivity contribution >= 4 is 0 Å². The van der Waals surface area contributed by atoms with Crippen LogP contribution in [0.4, 0.5) is 0 Å². The molecule has 1 aromatic rings. The lowest BCUT2D eigenvalue weighted by Gasteiger charge is -2.08. The molecule has 0 amide bonds. The molecule has 1 saturated carbocycles. The normalized spacial score (nSPS) is 16.3. The van der Waals surface area contributed by atoms with Gasteiger partial charge in [-0.15, -0.1) is 0 Å². The summed E-state index contributed by atoms with van der Waals surface area (Å²) in [6, 6.07) is 0. The first kappa shape index (κ1) is 9.44. The molecule has 0 unspecified atom stereocenters. The predicted octanol–water partition coefficient (Wildman–Crippen LogP) is 2.08. The van der Waals surface area contributed by atoms with E-state index >= 15 is 0 Å². The molecule has 0 aromatic carbocycles. The van der Waals surface area contributed by atoms with Crippen LogP contribution in [-0.4, -0.2) is 9.97 Å². The van der Waals surface area contributed by atoms with E-state index in [1.54, 1.807) is 0 Å². The number of aromatic amines is 1. The van der Waals surface area contributed by atoms with Gasteiger partial charge in [0.25, 0.3) is 5.56 Å². The van der Waals surface area contributed by atoms with Crippen LogP contribution in [0.15, 0.2) is 4.79 Å². The predicted molar refractivity (Wildman–Crippen MR) is 55.7 cm³/mol. The van der Waals surface area contributed by atoms with E-state index in [2.05, 4.69) is 9.97 Å². The van der Waals surface area contributed by atoms with Crippen LogP contribution in [0, 0.1) is 6.92 Å². The smallest absolute Gasteiger partial charge is 0.254 e. The number of nitrogens with zero attached hydrogens (tertiary/aromatic N) is 1. The molecule has 0 bridgehead atoms. The maximum atomic E-state index is 11.7. The first-order valence-corrected chi connectivity index (χ1v) is 5.20. The zero-order valence-corrected chi connectivity index (χ0v) is 8.92. The number of aromatic nitrogens is 2. The van der Waals surface area contributed by atoms with Crippen molar-refractivity contribution in [1.82, 2.24) is 9.97 Å². The highest BCUT2D eigenvalue weighted by Crippen LogP contribution is 2.37. The molecule has 3 heteroatoms. The molecule has 3 nitrogen and oxygen atoms in total. The molecule has 1 aliphatic rings. The molecule has 1 fully saturated rings. The average molecular weight is 192 g/mol. The summed E-state index contributed by atoms with van der Waals surface area (Å²) < 4.78 is 0. The molecule has 1 aliphatic carbocycles. The summed E-state index contributed by atoms with van der Waals surface area (Å²) >= 11 is 0. The van der Waals surface area contributed by atoms with Crippen LogP contribution in [-0.2, 0) is 0 Å². The Morgan fingerprint density at radius 3 is 2.50 bits per heavy atom. The average Bonchev–Trinajstić information content (AvgIpc) is 2.83. The molecular formula is C11H16N2O. The lowest BCUT2D eigenvalue weighted by Crippen LogP contribution is -2.19. The van der Waals surface area contributed by atoms with E-state index in [0.29, 0.717) is 5.92 Å². The van der Waals surface area contributed by atoms with E-state index < -0.39 is 0 Å². The number of aryl methyl sites for hydroxylation is 1. The van der Waals surface area contributed by atoms with Crippen molar-refractivity contribution < 1.29 is 0 Å². The van der Waals surface area contributed by atoms with Crippen LogP contribution in [0.2, 0.25) is 0 Å². The second-order valence-electron chi connectivity index (χ2n) is 4.38. The van der Waals surface area contributed by atoms with E-state index in [9.17, 15) is 4.79 Å². The van der Waals surface area contributed by atoms with E-state index in [-0.39, 0.29) is 11.5 Å². The van der Waals surface area contributed by atoms with Gasteiger partial charge in [-0.3, -0.25) is 4.79 Å². The minimum absolute atomic E-state index is 0.0504. The Labute approximate surface area is 83.6 Å². The zero-order chi connectivity index (χ0) is 10.3. The monoisotopic (exact) mass is 192 g/mol. The largest absolute Gasteiger partial charge is 0.310 e. The lowest BCUT2D eigenvalue weighted by molar-refractivity contribution is 0.783. The summed E-state index contributed by atoms with van der Waals surface area (Å²) in [7, 11) is 0. The minimum atomic E-state index is 0.0504. The molecular weight excluding hydrogens is 176 g/mol. The Hall–Kier alpha value is -1.12. The van der Waals surface area contributed by atoms with E-state index in [4.69, 9.17) is 0 Å². The van der Waals surface area contributed by atoms with Crippen molar-refractivity contribution in [2.75, 3.05) is 0 Å². The summed E-state index contributed by atoms with van der Waals surface area (Å²) in [5.41, 5.74) is 1.77. The fourth-order valence-electron chi connectivity index (χ4n) is 1.85. The van der Waals surface area contributed by atoms with Gasteiger partial charge in [-0.25, -0.2) is 4.98 Å². The zero-order valence-electron chi connectivity index (χ0n) is 8.92. The molecule has 14 heavy (non-hydrogen) atoms. The van der Waals surface area contributed by atoms with Crippen molar-refractivity contribution in [2.45, 2.75) is 45.4 Å². The standard InChI is InChI=1S/C11H16N2O/c1-6(2)9-7(3)12-10(8-4-5-8)13-11(9)14/h6,8H,4-5H2,1-3H3,(H,12,13,14). The molecule has 1 N–H and O–H groups in total. The number of hydrogen-bond acceptors (Lipinski definition) is 2. The third-order valence-corrected chi connectivity index (χ3v) is 2.71. The Morgan fingerprint density at radius 2 is 2.07 bits per heavy atom. The summed E-state index contributed by atoms with van der Waals surface area (Å²) in [6.07, 6.45) is 2.34. The second-order valence-corrected chi connectivity index (χ2v) is 4.38. The highest BCUT2D eigenvalue weighted by Gasteiger charge is 2.27. The van der Waals surface area contributed by atoms with E-state index in [1.165, 1.54) is 12.8 Å². The molecule has 76 valence electrons. The molecule has 0 atom stereocenters. The van der Waals surface area contributed by atoms with Crippen LogP contribution in [0.5, 0.6) is 0 Å². The topological polar surface area (TPSA) is 45.8 Å². The van der Waals surface area contributed by atoms with Crippen LogP contribution in [0.25, 0.3) is 0 Å². The number of hydrogen-bond donors (Lipinski definition) is 1. The quantitative estimate of drug-likeness (QED) is 0.779. The molecule has 0 radical (unpaired) electrons. The van der Waals surface area contributed by atoms with Gasteiger partial charge in [-0.2, -0.15) is 0 Å². The minimum Gasteiger partial charge on any atom is -0.310 e. The lowest BCUT2D eigenvalue weighted by atomic mass is 10.0. The molecule has 1 heterocycles. The Morgan fingerprint density at radius 1 is 1.43 bits per heavy atom. The maximum absolute atomic E-state index is 11.7. The van der Waals surface area contributed by atoms with Crippen molar-refractivity contribution in [3.05, 3.63) is 27.4 Å². The molecule has 2 rings (SSSR count). The van der Waals surface area contributed by atoms with Crippen molar-refractivity contribution in [3.63, 3.8) is 0 Å². The van der Waals surface area contributed by atoms with Gasteiger partial charge in [-0.1, -0.05) is 13.8 Å². The van der Waals surface area contributed by atoms with Gasteiger partial charge in [-0.05, 0) is 25.7 Å². The van der Waals surface area contributed by atoms with Gasteiger partial charge in [0, 0.05) is 17.2 Å². The Balaban J connectivity index is 2.49. The Bertz CT molecular complexity index is 402. The first-order chi connectivity index (χ1) is 6.59. The molecule has 1 aromatic heterocycles. The highest BCUT2D eigenvalue weighted by atomic mass is 16.1.